The zero-order chi connectivity index (χ0) is 8.97. The van der Waals surface area contributed by atoms with Crippen LogP contribution in [0.3, 0.4) is 0 Å². The third-order valence-electron chi connectivity index (χ3n) is 1.48. The van der Waals surface area contributed by atoms with Crippen molar-refractivity contribution in [1.82, 2.24) is 14.8 Å². The molecular formula is C7H13N3S2. The summed E-state index contributed by atoms with van der Waals surface area (Å²) < 4.78 is 1.79. The van der Waals surface area contributed by atoms with Crippen molar-refractivity contribution < 1.29 is 0 Å². The van der Waals surface area contributed by atoms with Crippen LogP contribution in [0.5, 0.6) is 0 Å². The van der Waals surface area contributed by atoms with Crippen molar-refractivity contribution in [1.29, 1.82) is 0 Å². The molecule has 3 nitrogen and oxygen atoms in total. The molecule has 1 rings (SSSR count). The first-order valence-corrected chi connectivity index (χ1v) is 5.43. The number of aromatic nitrogens is 3. The van der Waals surface area contributed by atoms with Gasteiger partial charge in [-0.2, -0.15) is 17.7 Å². The van der Waals surface area contributed by atoms with Gasteiger partial charge < -0.3 is 0 Å². The van der Waals surface area contributed by atoms with Crippen LogP contribution in [0.1, 0.15) is 6.92 Å². The summed E-state index contributed by atoms with van der Waals surface area (Å²) in [5.74, 6) is 2.59. The fourth-order valence-corrected chi connectivity index (χ4v) is 1.90. The molecule has 0 N–H and O–H groups in total. The van der Waals surface area contributed by atoms with Gasteiger partial charge in [-0.25, -0.2) is 9.67 Å². The molecule has 1 heterocycles. The van der Waals surface area contributed by atoms with E-state index in [9.17, 15) is 0 Å². The summed E-state index contributed by atoms with van der Waals surface area (Å²) in [6, 6.07) is 0. The van der Waals surface area contributed by atoms with Crippen molar-refractivity contribution in [3.05, 3.63) is 6.33 Å². The monoisotopic (exact) mass is 203 g/mol. The van der Waals surface area contributed by atoms with Crippen molar-refractivity contribution in [3.8, 4) is 0 Å². The van der Waals surface area contributed by atoms with Gasteiger partial charge in [0.1, 0.15) is 6.33 Å². The average Bonchev–Trinajstić information content (AvgIpc) is 2.47. The standard InChI is InChI=1S/C7H13N3S2/c1-6(3-11)4-12-7-8-5-9-10(7)2/h5-6,11H,3-4H2,1-2H3. The molecule has 0 fully saturated rings. The second kappa shape index (κ2) is 4.77. The molecule has 0 aliphatic rings. The number of rotatable bonds is 4. The molecule has 0 saturated carbocycles. The Labute approximate surface area is 82.4 Å². The van der Waals surface area contributed by atoms with E-state index in [-0.39, 0.29) is 0 Å². The van der Waals surface area contributed by atoms with Crippen LogP contribution in [0.15, 0.2) is 11.5 Å². The molecule has 1 atom stereocenters. The minimum atomic E-state index is 0.620. The Morgan fingerprint density at radius 2 is 2.50 bits per heavy atom. The Morgan fingerprint density at radius 1 is 1.75 bits per heavy atom. The predicted octanol–water partition coefficient (Wildman–Crippen LogP) is 1.47. The van der Waals surface area contributed by atoms with Gasteiger partial charge in [-0.15, -0.1) is 0 Å². The van der Waals surface area contributed by atoms with Crippen molar-refractivity contribution in [3.63, 3.8) is 0 Å². The lowest BCUT2D eigenvalue weighted by molar-refractivity contribution is 0.681. The van der Waals surface area contributed by atoms with Gasteiger partial charge in [0.25, 0.3) is 0 Å². The second-order valence-electron chi connectivity index (χ2n) is 2.76. The summed E-state index contributed by atoms with van der Waals surface area (Å²) in [5.41, 5.74) is 0. The number of thioether (sulfide) groups is 1. The fraction of sp³-hybridized carbons (Fsp3) is 0.714. The first kappa shape index (κ1) is 9.92. The maximum atomic E-state index is 4.22. The third-order valence-corrected chi connectivity index (χ3v) is 3.47. The van der Waals surface area contributed by atoms with Gasteiger partial charge >= 0.3 is 0 Å². The second-order valence-corrected chi connectivity index (χ2v) is 4.12. The Bertz CT molecular complexity index is 236. The van der Waals surface area contributed by atoms with Crippen LogP contribution < -0.4 is 0 Å². The largest absolute Gasteiger partial charge is 0.244 e. The van der Waals surface area contributed by atoms with E-state index in [0.29, 0.717) is 5.92 Å². The van der Waals surface area contributed by atoms with E-state index in [0.717, 1.165) is 16.7 Å². The lowest BCUT2D eigenvalue weighted by atomic mass is 10.3. The molecule has 1 aromatic rings. The lowest BCUT2D eigenvalue weighted by Gasteiger charge is -2.05. The Kier molecular flexibility index (Phi) is 3.94. The van der Waals surface area contributed by atoms with Gasteiger partial charge in [0, 0.05) is 12.8 Å². The summed E-state index contributed by atoms with van der Waals surface area (Å²) in [5, 5.41) is 4.96. The van der Waals surface area contributed by atoms with Gasteiger partial charge in [0.2, 0.25) is 0 Å². The molecule has 0 radical (unpaired) electrons. The Balaban J connectivity index is 2.38. The van der Waals surface area contributed by atoms with Crippen LogP contribution in [0, 0.1) is 5.92 Å². The molecule has 0 saturated heterocycles. The molecule has 0 aliphatic heterocycles. The van der Waals surface area contributed by atoms with Gasteiger partial charge in [0.05, 0.1) is 0 Å². The Morgan fingerprint density at radius 3 is 3.00 bits per heavy atom. The van der Waals surface area contributed by atoms with Crippen LogP contribution >= 0.6 is 24.4 Å². The maximum Gasteiger partial charge on any atom is 0.185 e. The van der Waals surface area contributed by atoms with Crippen LogP contribution in [0.25, 0.3) is 0 Å². The van der Waals surface area contributed by atoms with Gasteiger partial charge in [-0.3, -0.25) is 0 Å². The Hall–Kier alpha value is -0.160. The van der Waals surface area contributed by atoms with Crippen molar-refractivity contribution in [2.24, 2.45) is 13.0 Å². The number of thiol groups is 1. The smallest absolute Gasteiger partial charge is 0.185 e. The first-order chi connectivity index (χ1) is 5.74. The number of aryl methyl sites for hydroxylation is 1. The van der Waals surface area contributed by atoms with Crippen molar-refractivity contribution in [2.75, 3.05) is 11.5 Å². The van der Waals surface area contributed by atoms with E-state index >= 15 is 0 Å². The highest BCUT2D eigenvalue weighted by molar-refractivity contribution is 7.99. The molecule has 0 amide bonds. The molecule has 0 bridgehead atoms. The summed E-state index contributed by atoms with van der Waals surface area (Å²) in [6.07, 6.45) is 1.58. The average molecular weight is 203 g/mol. The minimum absolute atomic E-state index is 0.620. The van der Waals surface area contributed by atoms with Gasteiger partial charge in [0.15, 0.2) is 5.16 Å². The highest BCUT2D eigenvalue weighted by Gasteiger charge is 2.04. The molecule has 1 unspecified atom stereocenters. The highest BCUT2D eigenvalue weighted by atomic mass is 32.2. The van der Waals surface area contributed by atoms with Crippen molar-refractivity contribution in [2.45, 2.75) is 12.1 Å². The van der Waals surface area contributed by atoms with E-state index in [1.807, 2.05) is 7.05 Å². The first-order valence-electron chi connectivity index (χ1n) is 3.81. The number of nitrogens with zero attached hydrogens (tertiary/aromatic N) is 3. The van der Waals surface area contributed by atoms with Gasteiger partial charge in [-0.1, -0.05) is 18.7 Å². The van der Waals surface area contributed by atoms with Crippen LogP contribution in [0.4, 0.5) is 0 Å². The molecule has 0 aliphatic carbocycles. The normalized spacial score (nSPS) is 13.2. The summed E-state index contributed by atoms with van der Waals surface area (Å²) >= 11 is 5.94. The minimum Gasteiger partial charge on any atom is -0.244 e. The summed E-state index contributed by atoms with van der Waals surface area (Å²) in [7, 11) is 1.90. The predicted molar refractivity (Wildman–Crippen MR) is 54.7 cm³/mol. The van der Waals surface area contributed by atoms with Crippen LogP contribution in [-0.4, -0.2) is 26.3 Å². The molecule has 0 aromatic carbocycles. The molecule has 5 heteroatoms. The fourth-order valence-electron chi connectivity index (χ4n) is 0.686. The summed E-state index contributed by atoms with van der Waals surface area (Å²) in [6.45, 7) is 2.18. The number of hydrogen-bond acceptors (Lipinski definition) is 4. The SMILES string of the molecule is CC(CS)CSc1ncnn1C. The third kappa shape index (κ3) is 2.71. The molecule has 68 valence electrons. The van der Waals surface area contributed by atoms with E-state index < -0.39 is 0 Å². The van der Waals surface area contributed by atoms with E-state index in [2.05, 4.69) is 29.6 Å². The quantitative estimate of drug-likeness (QED) is 0.594. The maximum absolute atomic E-state index is 4.22. The summed E-state index contributed by atoms with van der Waals surface area (Å²) in [4.78, 5) is 4.11. The van der Waals surface area contributed by atoms with E-state index in [1.54, 1.807) is 22.8 Å². The molecule has 12 heavy (non-hydrogen) atoms. The van der Waals surface area contributed by atoms with E-state index in [4.69, 9.17) is 0 Å². The van der Waals surface area contributed by atoms with Gasteiger partial charge in [-0.05, 0) is 11.7 Å². The zero-order valence-corrected chi connectivity index (χ0v) is 8.98. The molecule has 0 spiro atoms. The highest BCUT2D eigenvalue weighted by Crippen LogP contribution is 2.17. The van der Waals surface area contributed by atoms with Crippen molar-refractivity contribution >= 4 is 24.4 Å². The zero-order valence-electron chi connectivity index (χ0n) is 7.27. The van der Waals surface area contributed by atoms with E-state index in [1.165, 1.54) is 0 Å². The van der Waals surface area contributed by atoms with Crippen LogP contribution in [0.2, 0.25) is 0 Å². The number of hydrogen-bond donors (Lipinski definition) is 1. The molecule has 1 aromatic heterocycles. The molecular weight excluding hydrogens is 190 g/mol. The van der Waals surface area contributed by atoms with Crippen LogP contribution in [-0.2, 0) is 7.05 Å². The lowest BCUT2D eigenvalue weighted by Crippen LogP contribution is -2.01. The topological polar surface area (TPSA) is 30.7 Å².